The Morgan fingerprint density at radius 2 is 1.57 bits per heavy atom. The van der Waals surface area contributed by atoms with Gasteiger partial charge in [0.05, 0.1) is 41.7 Å². The average Bonchev–Trinajstić information content (AvgIpc) is 2.79. The van der Waals surface area contributed by atoms with Gasteiger partial charge in [-0.25, -0.2) is 4.98 Å². The third-order valence-electron chi connectivity index (χ3n) is 4.75. The number of halogens is 1. The van der Waals surface area contributed by atoms with E-state index in [-0.39, 0.29) is 5.91 Å². The Balaban J connectivity index is 1.78. The van der Waals surface area contributed by atoms with Gasteiger partial charge in [-0.15, -0.1) is 0 Å². The molecule has 1 amide bonds. The van der Waals surface area contributed by atoms with Crippen LogP contribution < -0.4 is 14.8 Å². The second-order valence-electron chi connectivity index (χ2n) is 6.58. The van der Waals surface area contributed by atoms with Crippen molar-refractivity contribution in [1.82, 2.24) is 4.98 Å². The first-order valence-electron chi connectivity index (χ1n) is 9.29. The Labute approximate surface area is 179 Å². The van der Waals surface area contributed by atoms with Crippen molar-refractivity contribution in [3.8, 4) is 22.8 Å². The van der Waals surface area contributed by atoms with Gasteiger partial charge in [-0.1, -0.05) is 60.1 Å². The summed E-state index contributed by atoms with van der Waals surface area (Å²) in [5.74, 6) is 0.669. The van der Waals surface area contributed by atoms with Crippen molar-refractivity contribution in [2.45, 2.75) is 0 Å². The molecule has 150 valence electrons. The summed E-state index contributed by atoms with van der Waals surface area (Å²) in [6.45, 7) is 0. The molecule has 0 bridgehead atoms. The Kier molecular flexibility index (Phi) is 5.55. The molecule has 1 heterocycles. The van der Waals surface area contributed by atoms with Crippen LogP contribution in [0.4, 0.5) is 5.69 Å². The number of nitrogens with one attached hydrogen (secondary N) is 1. The maximum Gasteiger partial charge on any atom is 0.256 e. The van der Waals surface area contributed by atoms with Crippen LogP contribution in [0.2, 0.25) is 5.02 Å². The molecule has 6 heteroatoms. The van der Waals surface area contributed by atoms with E-state index in [0.29, 0.717) is 27.8 Å². The van der Waals surface area contributed by atoms with E-state index in [0.717, 1.165) is 22.2 Å². The lowest BCUT2D eigenvalue weighted by Crippen LogP contribution is -2.13. The molecule has 0 radical (unpaired) electrons. The molecular formula is C24H19ClN2O3. The number of para-hydroxylation sites is 1. The number of benzene rings is 3. The van der Waals surface area contributed by atoms with Crippen molar-refractivity contribution in [2.75, 3.05) is 19.5 Å². The number of hydrogen-bond acceptors (Lipinski definition) is 4. The van der Waals surface area contributed by atoms with Gasteiger partial charge in [-0.3, -0.25) is 4.79 Å². The Morgan fingerprint density at radius 3 is 2.30 bits per heavy atom. The van der Waals surface area contributed by atoms with E-state index < -0.39 is 0 Å². The van der Waals surface area contributed by atoms with E-state index in [9.17, 15) is 4.79 Å². The van der Waals surface area contributed by atoms with Crippen molar-refractivity contribution in [2.24, 2.45) is 0 Å². The molecule has 0 atom stereocenters. The molecule has 0 aliphatic carbocycles. The molecule has 0 aliphatic heterocycles. The standard InChI is InChI=1S/C24H19ClN2O3/c1-29-22-13-18(25)21(14-23(22)30-2)27-24(28)17-12-20(15-8-4-3-5-9-15)26-19-11-7-6-10-16(17)19/h3-14H,1-2H3,(H,27,28). The summed E-state index contributed by atoms with van der Waals surface area (Å²) < 4.78 is 10.6. The summed E-state index contributed by atoms with van der Waals surface area (Å²) in [5, 5.41) is 3.99. The number of pyridine rings is 1. The summed E-state index contributed by atoms with van der Waals surface area (Å²) in [5.41, 5.74) is 3.33. The summed E-state index contributed by atoms with van der Waals surface area (Å²) >= 11 is 6.35. The van der Waals surface area contributed by atoms with Gasteiger partial charge in [0.25, 0.3) is 5.91 Å². The number of aromatic nitrogens is 1. The fraction of sp³-hybridized carbons (Fsp3) is 0.0833. The van der Waals surface area contributed by atoms with Gasteiger partial charge in [-0.05, 0) is 12.1 Å². The number of carbonyl (C=O) groups excluding carboxylic acids is 1. The fourth-order valence-corrected chi connectivity index (χ4v) is 3.46. The first kappa shape index (κ1) is 19.7. The number of amides is 1. The predicted octanol–water partition coefficient (Wildman–Crippen LogP) is 5.82. The molecule has 3 aromatic carbocycles. The van der Waals surface area contributed by atoms with Gasteiger partial charge in [0, 0.05) is 23.1 Å². The molecule has 0 saturated heterocycles. The van der Waals surface area contributed by atoms with Gasteiger partial charge >= 0.3 is 0 Å². The van der Waals surface area contributed by atoms with Crippen LogP contribution in [0.15, 0.2) is 72.8 Å². The van der Waals surface area contributed by atoms with E-state index in [1.807, 2.05) is 54.6 Å². The van der Waals surface area contributed by atoms with Crippen LogP contribution in [0.25, 0.3) is 22.2 Å². The van der Waals surface area contributed by atoms with Gasteiger partial charge in [0.15, 0.2) is 11.5 Å². The van der Waals surface area contributed by atoms with Crippen molar-refractivity contribution >= 4 is 34.1 Å². The number of methoxy groups -OCH3 is 2. The van der Waals surface area contributed by atoms with Crippen LogP contribution in [0.1, 0.15) is 10.4 Å². The SMILES string of the molecule is COc1cc(Cl)c(NC(=O)c2cc(-c3ccccc3)nc3ccccc23)cc1OC. The number of rotatable bonds is 5. The molecule has 0 fully saturated rings. The lowest BCUT2D eigenvalue weighted by atomic mass is 10.0. The predicted molar refractivity (Wildman–Crippen MR) is 120 cm³/mol. The Hall–Kier alpha value is -3.57. The van der Waals surface area contributed by atoms with Crippen molar-refractivity contribution in [3.63, 3.8) is 0 Å². The number of nitrogens with zero attached hydrogens (tertiary/aromatic N) is 1. The van der Waals surface area contributed by atoms with E-state index >= 15 is 0 Å². The minimum Gasteiger partial charge on any atom is -0.493 e. The molecule has 30 heavy (non-hydrogen) atoms. The van der Waals surface area contributed by atoms with Gasteiger partial charge in [0.2, 0.25) is 0 Å². The van der Waals surface area contributed by atoms with Crippen LogP contribution in [0, 0.1) is 0 Å². The zero-order valence-electron chi connectivity index (χ0n) is 16.5. The zero-order chi connectivity index (χ0) is 21.1. The number of fused-ring (bicyclic) bond motifs is 1. The van der Waals surface area contributed by atoms with Gasteiger partial charge < -0.3 is 14.8 Å². The Bertz CT molecular complexity index is 1230. The van der Waals surface area contributed by atoms with Crippen LogP contribution in [0.5, 0.6) is 11.5 Å². The Morgan fingerprint density at radius 1 is 0.900 bits per heavy atom. The summed E-state index contributed by atoms with van der Waals surface area (Å²) in [6, 6.07) is 22.3. The molecule has 1 aromatic heterocycles. The van der Waals surface area contributed by atoms with E-state index in [1.54, 1.807) is 18.2 Å². The number of ether oxygens (including phenoxy) is 2. The zero-order valence-corrected chi connectivity index (χ0v) is 17.2. The molecule has 0 aliphatic rings. The molecule has 4 aromatic rings. The number of anilines is 1. The fourth-order valence-electron chi connectivity index (χ4n) is 3.26. The number of hydrogen-bond donors (Lipinski definition) is 1. The second kappa shape index (κ2) is 8.43. The first-order chi connectivity index (χ1) is 14.6. The van der Waals surface area contributed by atoms with E-state index in [1.165, 1.54) is 14.2 Å². The summed E-state index contributed by atoms with van der Waals surface area (Å²) in [6.07, 6.45) is 0. The van der Waals surface area contributed by atoms with Crippen LogP contribution in [0.3, 0.4) is 0 Å². The number of carbonyl (C=O) groups is 1. The topological polar surface area (TPSA) is 60.5 Å². The third kappa shape index (κ3) is 3.80. The average molecular weight is 419 g/mol. The molecule has 4 rings (SSSR count). The quantitative estimate of drug-likeness (QED) is 0.443. The minimum absolute atomic E-state index is 0.292. The molecular weight excluding hydrogens is 400 g/mol. The highest BCUT2D eigenvalue weighted by Crippen LogP contribution is 2.36. The van der Waals surface area contributed by atoms with Gasteiger partial charge in [0.1, 0.15) is 0 Å². The molecule has 0 unspecified atom stereocenters. The summed E-state index contributed by atoms with van der Waals surface area (Å²) in [7, 11) is 3.06. The maximum atomic E-state index is 13.2. The second-order valence-corrected chi connectivity index (χ2v) is 6.99. The minimum atomic E-state index is -0.292. The molecule has 0 saturated carbocycles. The highest BCUT2D eigenvalue weighted by molar-refractivity contribution is 6.34. The van der Waals surface area contributed by atoms with Crippen LogP contribution >= 0.6 is 11.6 Å². The van der Waals surface area contributed by atoms with Crippen molar-refractivity contribution in [3.05, 3.63) is 83.4 Å². The maximum absolute atomic E-state index is 13.2. The van der Waals surface area contributed by atoms with E-state index in [2.05, 4.69) is 5.32 Å². The van der Waals surface area contributed by atoms with Crippen molar-refractivity contribution in [1.29, 1.82) is 0 Å². The third-order valence-corrected chi connectivity index (χ3v) is 5.06. The largest absolute Gasteiger partial charge is 0.493 e. The molecule has 5 nitrogen and oxygen atoms in total. The molecule has 1 N–H and O–H groups in total. The summed E-state index contributed by atoms with van der Waals surface area (Å²) in [4.78, 5) is 18.0. The highest BCUT2D eigenvalue weighted by Gasteiger charge is 2.17. The normalized spacial score (nSPS) is 10.6. The highest BCUT2D eigenvalue weighted by atomic mass is 35.5. The van der Waals surface area contributed by atoms with Gasteiger partial charge in [-0.2, -0.15) is 0 Å². The lowest BCUT2D eigenvalue weighted by molar-refractivity contribution is 0.102. The molecule has 0 spiro atoms. The lowest BCUT2D eigenvalue weighted by Gasteiger charge is -2.14. The van der Waals surface area contributed by atoms with Crippen LogP contribution in [-0.4, -0.2) is 25.1 Å². The van der Waals surface area contributed by atoms with Crippen LogP contribution in [-0.2, 0) is 0 Å². The first-order valence-corrected chi connectivity index (χ1v) is 9.66. The van der Waals surface area contributed by atoms with E-state index in [4.69, 9.17) is 26.1 Å². The smallest absolute Gasteiger partial charge is 0.256 e. The monoisotopic (exact) mass is 418 g/mol. The van der Waals surface area contributed by atoms with Crippen molar-refractivity contribution < 1.29 is 14.3 Å².